The molecule has 7 heteroatoms. The highest BCUT2D eigenvalue weighted by atomic mass is 35.5. The standard InChI is InChI=1S/C15H12ClF2NO3/c16-11-6-8(17)5-10(14(11)21)15(22)19-7-13(20)9-3-1-2-4-12(9)18/h1-6,13,20-21H,7H2,(H,19,22). The summed E-state index contributed by atoms with van der Waals surface area (Å²) in [6, 6.07) is 7.24. The zero-order chi connectivity index (χ0) is 16.3. The summed E-state index contributed by atoms with van der Waals surface area (Å²) in [7, 11) is 0. The van der Waals surface area contributed by atoms with Crippen molar-refractivity contribution in [3.05, 3.63) is 64.2 Å². The molecule has 0 aliphatic heterocycles. The average molecular weight is 328 g/mol. The lowest BCUT2D eigenvalue weighted by molar-refractivity contribution is 0.0911. The maximum absolute atomic E-state index is 13.5. The molecule has 0 radical (unpaired) electrons. The smallest absolute Gasteiger partial charge is 0.255 e. The van der Waals surface area contributed by atoms with Crippen molar-refractivity contribution in [2.24, 2.45) is 0 Å². The molecular weight excluding hydrogens is 316 g/mol. The second kappa shape index (κ2) is 6.72. The molecule has 0 heterocycles. The molecule has 0 aliphatic carbocycles. The van der Waals surface area contributed by atoms with Crippen molar-refractivity contribution in [1.82, 2.24) is 5.32 Å². The van der Waals surface area contributed by atoms with Gasteiger partial charge >= 0.3 is 0 Å². The maximum atomic E-state index is 13.5. The van der Waals surface area contributed by atoms with Crippen molar-refractivity contribution in [2.75, 3.05) is 6.54 Å². The predicted octanol–water partition coefficient (Wildman–Crippen LogP) is 2.79. The van der Waals surface area contributed by atoms with Crippen molar-refractivity contribution in [1.29, 1.82) is 0 Å². The zero-order valence-corrected chi connectivity index (χ0v) is 11.9. The Morgan fingerprint density at radius 1 is 1.27 bits per heavy atom. The number of nitrogens with one attached hydrogen (secondary N) is 1. The molecule has 0 aliphatic rings. The topological polar surface area (TPSA) is 69.6 Å². The lowest BCUT2D eigenvalue weighted by Crippen LogP contribution is -2.28. The number of benzene rings is 2. The number of carbonyl (C=O) groups is 1. The van der Waals surface area contributed by atoms with E-state index in [2.05, 4.69) is 5.32 Å². The third kappa shape index (κ3) is 3.52. The SMILES string of the molecule is O=C(NCC(O)c1ccccc1F)c1cc(F)cc(Cl)c1O. The van der Waals surface area contributed by atoms with Gasteiger partial charge in [0, 0.05) is 12.1 Å². The second-order valence-corrected chi connectivity index (χ2v) is 4.94. The van der Waals surface area contributed by atoms with E-state index >= 15 is 0 Å². The second-order valence-electron chi connectivity index (χ2n) is 4.53. The van der Waals surface area contributed by atoms with Gasteiger partial charge in [0.25, 0.3) is 5.91 Å². The molecule has 0 saturated carbocycles. The Kier molecular flexibility index (Phi) is 4.95. The Bertz CT molecular complexity index is 709. The number of phenolic OH excluding ortho intramolecular Hbond substituents is 1. The summed E-state index contributed by atoms with van der Waals surface area (Å²) in [4.78, 5) is 11.9. The van der Waals surface area contributed by atoms with Gasteiger partial charge in [0.2, 0.25) is 0 Å². The van der Waals surface area contributed by atoms with Crippen LogP contribution in [-0.2, 0) is 0 Å². The van der Waals surface area contributed by atoms with Crippen LogP contribution in [0.4, 0.5) is 8.78 Å². The number of amides is 1. The van der Waals surface area contributed by atoms with Crippen molar-refractivity contribution in [3.8, 4) is 5.75 Å². The van der Waals surface area contributed by atoms with Crippen LogP contribution in [0.25, 0.3) is 0 Å². The molecule has 0 fully saturated rings. The van der Waals surface area contributed by atoms with Gasteiger partial charge in [0.1, 0.15) is 17.4 Å². The predicted molar refractivity (Wildman–Crippen MR) is 76.8 cm³/mol. The zero-order valence-electron chi connectivity index (χ0n) is 11.2. The molecule has 116 valence electrons. The molecular formula is C15H12ClF2NO3. The fourth-order valence-electron chi connectivity index (χ4n) is 1.88. The number of phenols is 1. The molecule has 2 aromatic carbocycles. The molecule has 3 N–H and O–H groups in total. The molecule has 1 unspecified atom stereocenters. The lowest BCUT2D eigenvalue weighted by Gasteiger charge is -2.13. The van der Waals surface area contributed by atoms with E-state index in [0.29, 0.717) is 0 Å². The van der Waals surface area contributed by atoms with E-state index in [9.17, 15) is 23.8 Å². The van der Waals surface area contributed by atoms with Crippen molar-refractivity contribution >= 4 is 17.5 Å². The summed E-state index contributed by atoms with van der Waals surface area (Å²) >= 11 is 5.57. The minimum Gasteiger partial charge on any atom is -0.506 e. The van der Waals surface area contributed by atoms with Gasteiger partial charge in [-0.25, -0.2) is 8.78 Å². The third-order valence-electron chi connectivity index (χ3n) is 2.99. The van der Waals surface area contributed by atoms with Crippen LogP contribution < -0.4 is 5.32 Å². The Hall–Kier alpha value is -2.18. The first-order valence-corrected chi connectivity index (χ1v) is 6.66. The Balaban J connectivity index is 2.09. The Morgan fingerprint density at radius 2 is 1.95 bits per heavy atom. The van der Waals surface area contributed by atoms with Crippen LogP contribution in [0.3, 0.4) is 0 Å². The van der Waals surface area contributed by atoms with Gasteiger partial charge in [-0.1, -0.05) is 29.8 Å². The van der Waals surface area contributed by atoms with Gasteiger partial charge in [-0.05, 0) is 18.2 Å². The molecule has 1 atom stereocenters. The summed E-state index contributed by atoms with van der Waals surface area (Å²) < 4.78 is 26.7. The van der Waals surface area contributed by atoms with E-state index in [1.807, 2.05) is 0 Å². The van der Waals surface area contributed by atoms with Crippen LogP contribution in [0.1, 0.15) is 22.0 Å². The number of hydrogen-bond acceptors (Lipinski definition) is 3. The van der Waals surface area contributed by atoms with Gasteiger partial charge in [-0.2, -0.15) is 0 Å². The number of carbonyl (C=O) groups excluding carboxylic acids is 1. The van der Waals surface area contributed by atoms with Crippen LogP contribution in [0.2, 0.25) is 5.02 Å². The monoisotopic (exact) mass is 327 g/mol. The number of rotatable bonds is 4. The van der Waals surface area contributed by atoms with Crippen molar-refractivity contribution in [2.45, 2.75) is 6.10 Å². The lowest BCUT2D eigenvalue weighted by atomic mass is 10.1. The minimum atomic E-state index is -1.28. The number of aliphatic hydroxyl groups excluding tert-OH is 1. The molecule has 4 nitrogen and oxygen atoms in total. The molecule has 0 spiro atoms. The van der Waals surface area contributed by atoms with Crippen LogP contribution in [0, 0.1) is 11.6 Å². The van der Waals surface area contributed by atoms with Crippen molar-refractivity contribution < 1.29 is 23.8 Å². The van der Waals surface area contributed by atoms with Crippen LogP contribution in [-0.4, -0.2) is 22.7 Å². The molecule has 1 amide bonds. The maximum Gasteiger partial charge on any atom is 0.255 e. The summed E-state index contributed by atoms with van der Waals surface area (Å²) in [6.45, 7) is -0.312. The highest BCUT2D eigenvalue weighted by Crippen LogP contribution is 2.28. The van der Waals surface area contributed by atoms with E-state index in [-0.39, 0.29) is 22.7 Å². The third-order valence-corrected chi connectivity index (χ3v) is 3.28. The number of hydrogen-bond donors (Lipinski definition) is 3. The van der Waals surface area contributed by atoms with Crippen molar-refractivity contribution in [3.63, 3.8) is 0 Å². The van der Waals surface area contributed by atoms with E-state index in [1.165, 1.54) is 18.2 Å². The molecule has 0 bridgehead atoms. The van der Waals surface area contributed by atoms with Gasteiger partial charge in [-0.15, -0.1) is 0 Å². The van der Waals surface area contributed by atoms with Crippen LogP contribution in [0.5, 0.6) is 5.75 Å². The van der Waals surface area contributed by atoms with Gasteiger partial charge in [-0.3, -0.25) is 4.79 Å². The first kappa shape index (κ1) is 16.2. The molecule has 0 saturated heterocycles. The summed E-state index contributed by atoms with van der Waals surface area (Å²) in [5, 5.41) is 21.5. The molecule has 22 heavy (non-hydrogen) atoms. The minimum absolute atomic E-state index is 0.0179. The number of halogens is 3. The van der Waals surface area contributed by atoms with Gasteiger partial charge < -0.3 is 15.5 Å². The molecule has 2 aromatic rings. The van der Waals surface area contributed by atoms with E-state index < -0.39 is 29.4 Å². The first-order chi connectivity index (χ1) is 10.4. The average Bonchev–Trinajstić information content (AvgIpc) is 2.48. The quantitative estimate of drug-likeness (QED) is 0.808. The number of aliphatic hydroxyl groups is 1. The summed E-state index contributed by atoms with van der Waals surface area (Å²) in [5.74, 6) is -2.81. The van der Waals surface area contributed by atoms with Crippen LogP contribution in [0.15, 0.2) is 36.4 Å². The van der Waals surface area contributed by atoms with Gasteiger partial charge in [0.15, 0.2) is 0 Å². The number of aromatic hydroxyl groups is 1. The molecule has 0 aromatic heterocycles. The fourth-order valence-corrected chi connectivity index (χ4v) is 2.08. The first-order valence-electron chi connectivity index (χ1n) is 6.29. The Labute approximate surface area is 130 Å². The van der Waals surface area contributed by atoms with Gasteiger partial charge in [0.05, 0.1) is 16.7 Å². The molecule has 2 rings (SSSR count). The Morgan fingerprint density at radius 3 is 2.64 bits per heavy atom. The highest BCUT2D eigenvalue weighted by Gasteiger charge is 2.18. The summed E-state index contributed by atoms with van der Waals surface area (Å²) in [6.07, 6.45) is -1.28. The largest absolute Gasteiger partial charge is 0.506 e. The van der Waals surface area contributed by atoms with Crippen LogP contribution >= 0.6 is 11.6 Å². The highest BCUT2D eigenvalue weighted by molar-refractivity contribution is 6.32. The van der Waals surface area contributed by atoms with E-state index in [1.54, 1.807) is 6.07 Å². The fraction of sp³-hybridized carbons (Fsp3) is 0.133. The summed E-state index contributed by atoms with van der Waals surface area (Å²) in [5.41, 5.74) is -0.352. The normalized spacial score (nSPS) is 12.0. The van der Waals surface area contributed by atoms with E-state index in [0.717, 1.165) is 12.1 Å². The van der Waals surface area contributed by atoms with E-state index in [4.69, 9.17) is 11.6 Å².